The molecule has 4 heteroatoms. The lowest BCUT2D eigenvalue weighted by molar-refractivity contribution is 0.250. The molecule has 3 nitrogen and oxygen atoms in total. The average molecular weight is 345 g/mol. The van der Waals surface area contributed by atoms with Gasteiger partial charge in [0.2, 0.25) is 5.56 Å². The van der Waals surface area contributed by atoms with Crippen molar-refractivity contribution in [2.75, 3.05) is 6.54 Å². The molecule has 1 heterocycles. The normalized spacial score (nSPS) is 19.1. The third-order valence-corrected chi connectivity index (χ3v) is 5.22. The predicted octanol–water partition coefficient (Wildman–Crippen LogP) is 3.88. The van der Waals surface area contributed by atoms with Crippen molar-refractivity contribution in [3.05, 3.63) is 68.6 Å². The first-order chi connectivity index (χ1) is 11.4. The standard InChI is InChI=1S/C20H25ClN2O/c1-20(2)12-17(16-8-9-19(24)23(3)18(16)13-20)22-11-10-14-4-6-15(21)7-5-14/h4-9,17,22H,10-13H2,1-3H3. The van der Waals surface area contributed by atoms with Crippen molar-refractivity contribution in [3.8, 4) is 0 Å². The Hall–Kier alpha value is -1.58. The van der Waals surface area contributed by atoms with Gasteiger partial charge in [-0.05, 0) is 54.5 Å². The molecule has 0 saturated carbocycles. The van der Waals surface area contributed by atoms with Crippen molar-refractivity contribution in [2.45, 2.75) is 39.2 Å². The van der Waals surface area contributed by atoms with Gasteiger partial charge < -0.3 is 9.88 Å². The molecule has 1 atom stereocenters. The molecule has 0 spiro atoms. The first kappa shape index (κ1) is 17.2. The number of aromatic nitrogens is 1. The number of pyridine rings is 1. The molecule has 0 saturated heterocycles. The van der Waals surface area contributed by atoms with Crippen LogP contribution in [0.1, 0.15) is 43.1 Å². The number of rotatable bonds is 4. The van der Waals surface area contributed by atoms with Gasteiger partial charge in [-0.2, -0.15) is 0 Å². The molecule has 0 aliphatic heterocycles. The van der Waals surface area contributed by atoms with Crippen molar-refractivity contribution in [1.82, 2.24) is 9.88 Å². The number of fused-ring (bicyclic) bond motifs is 1. The summed E-state index contributed by atoms with van der Waals surface area (Å²) in [6, 6.07) is 12.0. The Morgan fingerprint density at radius 1 is 1.21 bits per heavy atom. The summed E-state index contributed by atoms with van der Waals surface area (Å²) >= 11 is 5.94. The molecule has 2 aromatic rings. The van der Waals surface area contributed by atoms with E-state index < -0.39 is 0 Å². The van der Waals surface area contributed by atoms with Crippen LogP contribution in [-0.2, 0) is 19.9 Å². The van der Waals surface area contributed by atoms with Crippen LogP contribution in [0, 0.1) is 5.41 Å². The fourth-order valence-electron chi connectivity index (χ4n) is 3.65. The molecule has 24 heavy (non-hydrogen) atoms. The molecule has 1 aromatic heterocycles. The van der Waals surface area contributed by atoms with Crippen molar-refractivity contribution in [1.29, 1.82) is 0 Å². The molecule has 1 N–H and O–H groups in total. The molecule has 0 bridgehead atoms. The second kappa shape index (κ2) is 6.73. The highest BCUT2D eigenvalue weighted by molar-refractivity contribution is 6.30. The van der Waals surface area contributed by atoms with Crippen molar-refractivity contribution in [3.63, 3.8) is 0 Å². The summed E-state index contributed by atoms with van der Waals surface area (Å²) in [5.74, 6) is 0. The quantitative estimate of drug-likeness (QED) is 0.913. The first-order valence-corrected chi connectivity index (χ1v) is 8.90. The van der Waals surface area contributed by atoms with E-state index in [0.717, 1.165) is 30.8 Å². The van der Waals surface area contributed by atoms with E-state index in [-0.39, 0.29) is 11.0 Å². The van der Waals surface area contributed by atoms with Gasteiger partial charge in [-0.25, -0.2) is 0 Å². The molecule has 1 unspecified atom stereocenters. The lowest BCUT2D eigenvalue weighted by Gasteiger charge is -2.38. The monoisotopic (exact) mass is 344 g/mol. The van der Waals surface area contributed by atoms with Crippen LogP contribution < -0.4 is 10.9 Å². The summed E-state index contributed by atoms with van der Waals surface area (Å²) < 4.78 is 1.81. The van der Waals surface area contributed by atoms with Crippen molar-refractivity contribution < 1.29 is 0 Å². The van der Waals surface area contributed by atoms with Gasteiger partial charge in [0.05, 0.1) is 0 Å². The van der Waals surface area contributed by atoms with Gasteiger partial charge in [0.1, 0.15) is 0 Å². The Morgan fingerprint density at radius 2 is 1.92 bits per heavy atom. The number of hydrogen-bond acceptors (Lipinski definition) is 2. The van der Waals surface area contributed by atoms with Crippen LogP contribution in [-0.4, -0.2) is 11.1 Å². The van der Waals surface area contributed by atoms with Gasteiger partial charge in [-0.3, -0.25) is 4.79 Å². The van der Waals surface area contributed by atoms with E-state index >= 15 is 0 Å². The van der Waals surface area contributed by atoms with Gasteiger partial charge >= 0.3 is 0 Å². The molecule has 0 radical (unpaired) electrons. The number of halogens is 1. The fourth-order valence-corrected chi connectivity index (χ4v) is 3.77. The third-order valence-electron chi connectivity index (χ3n) is 4.97. The van der Waals surface area contributed by atoms with E-state index in [2.05, 4.69) is 31.3 Å². The molecule has 1 aromatic carbocycles. The molecule has 128 valence electrons. The molecule has 3 rings (SSSR count). The van der Waals surface area contributed by atoms with Crippen LogP contribution in [0.2, 0.25) is 5.02 Å². The number of nitrogens with zero attached hydrogens (tertiary/aromatic N) is 1. The van der Waals surface area contributed by atoms with E-state index in [1.807, 2.05) is 29.8 Å². The van der Waals surface area contributed by atoms with Crippen molar-refractivity contribution in [2.24, 2.45) is 12.5 Å². The van der Waals surface area contributed by atoms with Crippen LogP contribution in [0.15, 0.2) is 41.2 Å². The molecular formula is C20H25ClN2O. The Kier molecular flexibility index (Phi) is 4.84. The van der Waals surface area contributed by atoms with Crippen LogP contribution in [0.4, 0.5) is 0 Å². The van der Waals surface area contributed by atoms with Gasteiger partial charge in [-0.15, -0.1) is 0 Å². The van der Waals surface area contributed by atoms with Gasteiger partial charge in [-0.1, -0.05) is 43.6 Å². The maximum Gasteiger partial charge on any atom is 0.250 e. The lowest BCUT2D eigenvalue weighted by Crippen LogP contribution is -2.37. The van der Waals surface area contributed by atoms with Crippen LogP contribution in [0.5, 0.6) is 0 Å². The molecule has 1 aliphatic carbocycles. The van der Waals surface area contributed by atoms with Gasteiger partial charge in [0, 0.05) is 29.9 Å². The maximum atomic E-state index is 12.0. The lowest BCUT2D eigenvalue weighted by atomic mass is 9.73. The zero-order valence-electron chi connectivity index (χ0n) is 14.6. The maximum absolute atomic E-state index is 12.0. The highest BCUT2D eigenvalue weighted by Gasteiger charge is 2.33. The Bertz CT molecular complexity index is 777. The average Bonchev–Trinajstić information content (AvgIpc) is 2.52. The minimum absolute atomic E-state index is 0.0753. The van der Waals surface area contributed by atoms with E-state index in [1.165, 1.54) is 16.8 Å². The van der Waals surface area contributed by atoms with Crippen LogP contribution in [0.3, 0.4) is 0 Å². The highest BCUT2D eigenvalue weighted by Crippen LogP contribution is 2.39. The summed E-state index contributed by atoms with van der Waals surface area (Å²) in [4.78, 5) is 12.0. The SMILES string of the molecule is Cn1c2c(ccc1=O)C(NCCc1ccc(Cl)cc1)CC(C)(C)C2. The molecule has 1 aliphatic rings. The van der Waals surface area contributed by atoms with E-state index in [4.69, 9.17) is 11.6 Å². The first-order valence-electron chi connectivity index (χ1n) is 8.52. The second-order valence-corrected chi connectivity index (χ2v) is 8.00. The number of benzene rings is 1. The number of hydrogen-bond donors (Lipinski definition) is 1. The largest absolute Gasteiger partial charge is 0.315 e. The Balaban J connectivity index is 1.75. The van der Waals surface area contributed by atoms with E-state index in [9.17, 15) is 4.79 Å². The van der Waals surface area contributed by atoms with E-state index in [1.54, 1.807) is 6.07 Å². The molecular weight excluding hydrogens is 320 g/mol. The summed E-state index contributed by atoms with van der Waals surface area (Å²) in [6.45, 7) is 5.47. The number of nitrogens with one attached hydrogen (secondary N) is 1. The third kappa shape index (κ3) is 3.73. The topological polar surface area (TPSA) is 34.0 Å². The zero-order valence-corrected chi connectivity index (χ0v) is 15.4. The van der Waals surface area contributed by atoms with Crippen molar-refractivity contribution >= 4 is 11.6 Å². The van der Waals surface area contributed by atoms with Gasteiger partial charge in [0.25, 0.3) is 0 Å². The fraction of sp³-hybridized carbons (Fsp3) is 0.450. The minimum atomic E-state index is 0.0753. The Labute approximate surface area is 148 Å². The minimum Gasteiger partial charge on any atom is -0.315 e. The Morgan fingerprint density at radius 3 is 2.62 bits per heavy atom. The summed E-state index contributed by atoms with van der Waals surface area (Å²) in [7, 11) is 1.88. The summed E-state index contributed by atoms with van der Waals surface area (Å²) in [6.07, 6.45) is 3.00. The highest BCUT2D eigenvalue weighted by atomic mass is 35.5. The summed E-state index contributed by atoms with van der Waals surface area (Å²) in [5, 5.41) is 4.47. The second-order valence-electron chi connectivity index (χ2n) is 7.56. The molecule has 0 amide bonds. The smallest absolute Gasteiger partial charge is 0.250 e. The predicted molar refractivity (Wildman–Crippen MR) is 99.7 cm³/mol. The van der Waals surface area contributed by atoms with Crippen LogP contribution >= 0.6 is 11.6 Å². The van der Waals surface area contributed by atoms with Gasteiger partial charge in [0.15, 0.2) is 0 Å². The van der Waals surface area contributed by atoms with E-state index in [0.29, 0.717) is 6.04 Å². The summed E-state index contributed by atoms with van der Waals surface area (Å²) in [5.41, 5.74) is 3.99. The molecule has 0 fully saturated rings. The van der Waals surface area contributed by atoms with Crippen LogP contribution in [0.25, 0.3) is 0 Å². The zero-order chi connectivity index (χ0) is 17.3.